The van der Waals surface area contributed by atoms with E-state index in [1.54, 1.807) is 58.3 Å². The molecule has 0 aliphatic rings. The predicted molar refractivity (Wildman–Crippen MR) is 125 cm³/mol. The highest BCUT2D eigenvalue weighted by molar-refractivity contribution is 5.96. The Morgan fingerprint density at radius 2 is 1.88 bits per heavy atom. The van der Waals surface area contributed by atoms with E-state index in [0.717, 1.165) is 5.56 Å². The quantitative estimate of drug-likeness (QED) is 0.451. The van der Waals surface area contributed by atoms with Crippen molar-refractivity contribution in [2.45, 2.75) is 51.8 Å². The molecule has 184 valence electrons. The number of benzene rings is 1. The van der Waals surface area contributed by atoms with Crippen molar-refractivity contribution in [1.29, 1.82) is 0 Å². The Bertz CT molecular complexity index is 1070. The number of carboxylic acid groups (broad SMARTS) is 1. The second-order valence-electron chi connectivity index (χ2n) is 8.64. The van der Waals surface area contributed by atoms with Crippen LogP contribution in [0.5, 0.6) is 5.75 Å². The molecule has 10 nitrogen and oxygen atoms in total. The Morgan fingerprint density at radius 3 is 2.53 bits per heavy atom. The first-order valence-electron chi connectivity index (χ1n) is 10.8. The highest BCUT2D eigenvalue weighted by Crippen LogP contribution is 2.13. The number of nitrogens with zero attached hydrogens (tertiary/aromatic N) is 1. The largest absolute Gasteiger partial charge is 0.497 e. The van der Waals surface area contributed by atoms with Crippen LogP contribution in [0.3, 0.4) is 0 Å². The second-order valence-corrected chi connectivity index (χ2v) is 8.64. The molecule has 2 rings (SSSR count). The number of methoxy groups -OCH3 is 1. The highest BCUT2D eigenvalue weighted by Gasteiger charge is 2.23. The van der Waals surface area contributed by atoms with Crippen molar-refractivity contribution in [3.63, 3.8) is 0 Å². The van der Waals surface area contributed by atoms with Gasteiger partial charge in [0.1, 0.15) is 23.0 Å². The zero-order valence-electron chi connectivity index (χ0n) is 19.8. The second kappa shape index (κ2) is 11.9. The summed E-state index contributed by atoms with van der Waals surface area (Å²) < 4.78 is 11.7. The number of hydrogen-bond acceptors (Lipinski definition) is 6. The average molecular weight is 474 g/mol. The molecule has 10 heteroatoms. The van der Waals surface area contributed by atoms with Gasteiger partial charge < -0.3 is 29.8 Å². The summed E-state index contributed by atoms with van der Waals surface area (Å²) in [5, 5.41) is 14.4. The molecule has 0 spiro atoms. The monoisotopic (exact) mass is 473 g/mol. The number of hydrogen-bond donors (Lipinski definition) is 3. The van der Waals surface area contributed by atoms with Gasteiger partial charge in [-0.15, -0.1) is 0 Å². The molecule has 2 amide bonds. The lowest BCUT2D eigenvalue weighted by molar-refractivity contribution is -0.139. The minimum Gasteiger partial charge on any atom is -0.497 e. The van der Waals surface area contributed by atoms with Crippen LogP contribution in [0.15, 0.2) is 47.4 Å². The molecule has 0 radical (unpaired) electrons. The van der Waals surface area contributed by atoms with Crippen LogP contribution in [0.25, 0.3) is 0 Å². The van der Waals surface area contributed by atoms with E-state index in [1.807, 2.05) is 6.07 Å². The summed E-state index contributed by atoms with van der Waals surface area (Å²) in [5.41, 5.74) is -0.543. The van der Waals surface area contributed by atoms with E-state index in [9.17, 15) is 24.3 Å². The summed E-state index contributed by atoms with van der Waals surface area (Å²) in [4.78, 5) is 48.8. The van der Waals surface area contributed by atoms with E-state index in [2.05, 4.69) is 10.6 Å². The molecule has 0 saturated carbocycles. The molecular formula is C24H31N3O7. The van der Waals surface area contributed by atoms with Gasteiger partial charge in [0, 0.05) is 12.7 Å². The van der Waals surface area contributed by atoms with Gasteiger partial charge in [0.05, 0.1) is 13.7 Å². The number of carbonyl (C=O) groups excluding carboxylic acids is 2. The molecule has 1 heterocycles. The normalized spacial score (nSPS) is 11.9. The fourth-order valence-corrected chi connectivity index (χ4v) is 3.11. The van der Waals surface area contributed by atoms with Crippen LogP contribution in [0.2, 0.25) is 0 Å². The number of ether oxygens (including phenoxy) is 2. The molecule has 0 fully saturated rings. The van der Waals surface area contributed by atoms with Gasteiger partial charge in [-0.25, -0.2) is 9.59 Å². The van der Waals surface area contributed by atoms with Gasteiger partial charge in [-0.1, -0.05) is 12.1 Å². The maximum absolute atomic E-state index is 12.8. The van der Waals surface area contributed by atoms with Crippen LogP contribution in [-0.4, -0.2) is 52.9 Å². The fraction of sp³-hybridized carbons (Fsp3) is 0.417. The molecular weight excluding hydrogens is 442 g/mol. The van der Waals surface area contributed by atoms with E-state index in [0.29, 0.717) is 5.75 Å². The van der Waals surface area contributed by atoms with Crippen molar-refractivity contribution >= 4 is 18.0 Å². The molecule has 0 aliphatic heterocycles. The summed E-state index contributed by atoms with van der Waals surface area (Å²) in [6.07, 6.45) is 1.28. The van der Waals surface area contributed by atoms with Gasteiger partial charge in [0.25, 0.3) is 11.5 Å². The number of pyridine rings is 1. The minimum absolute atomic E-state index is 0.0572. The number of carbonyl (C=O) groups is 3. The number of aliphatic carboxylic acids is 1. The van der Waals surface area contributed by atoms with Crippen LogP contribution in [0.1, 0.15) is 49.5 Å². The molecule has 1 aromatic carbocycles. The highest BCUT2D eigenvalue weighted by atomic mass is 16.6. The van der Waals surface area contributed by atoms with E-state index in [-0.39, 0.29) is 31.5 Å². The Balaban J connectivity index is 2.00. The topological polar surface area (TPSA) is 136 Å². The third kappa shape index (κ3) is 8.27. The number of amides is 2. The number of alkyl carbamates (subject to hydrolysis) is 1. The van der Waals surface area contributed by atoms with Crippen LogP contribution < -0.4 is 20.9 Å². The van der Waals surface area contributed by atoms with Crippen molar-refractivity contribution in [1.82, 2.24) is 15.2 Å². The van der Waals surface area contributed by atoms with Crippen molar-refractivity contribution < 1.29 is 29.0 Å². The minimum atomic E-state index is -1.24. The lowest BCUT2D eigenvalue weighted by Crippen LogP contribution is -2.43. The molecule has 3 N–H and O–H groups in total. The van der Waals surface area contributed by atoms with Gasteiger partial charge in [-0.2, -0.15) is 0 Å². The molecule has 1 atom stereocenters. The molecule has 0 saturated heterocycles. The van der Waals surface area contributed by atoms with Gasteiger partial charge >= 0.3 is 12.1 Å². The summed E-state index contributed by atoms with van der Waals surface area (Å²) in [6.45, 7) is 5.59. The maximum atomic E-state index is 12.8. The molecule has 0 aliphatic carbocycles. The van der Waals surface area contributed by atoms with Crippen molar-refractivity contribution in [2.24, 2.45) is 0 Å². The smallest absolute Gasteiger partial charge is 0.407 e. The molecule has 2 aromatic rings. The van der Waals surface area contributed by atoms with Gasteiger partial charge in [-0.3, -0.25) is 9.59 Å². The third-order valence-corrected chi connectivity index (χ3v) is 4.69. The number of carboxylic acids is 1. The van der Waals surface area contributed by atoms with E-state index >= 15 is 0 Å². The Morgan fingerprint density at radius 1 is 1.15 bits per heavy atom. The maximum Gasteiger partial charge on any atom is 0.407 e. The number of aromatic nitrogens is 1. The SMILES string of the molecule is COc1cccc(Cn2cccc(C(=O)N[C@@H](CCCNC(=O)OC(C)(C)C)C(=O)O)c2=O)c1. The molecule has 1 aromatic heterocycles. The lowest BCUT2D eigenvalue weighted by atomic mass is 10.1. The zero-order valence-corrected chi connectivity index (χ0v) is 19.8. The van der Waals surface area contributed by atoms with Crippen molar-refractivity contribution in [2.75, 3.05) is 13.7 Å². The number of rotatable bonds is 10. The number of nitrogens with one attached hydrogen (secondary N) is 2. The zero-order chi connectivity index (χ0) is 25.3. The van der Waals surface area contributed by atoms with Crippen LogP contribution in [0, 0.1) is 0 Å². The van der Waals surface area contributed by atoms with Crippen LogP contribution in [0.4, 0.5) is 4.79 Å². The fourth-order valence-electron chi connectivity index (χ4n) is 3.11. The average Bonchev–Trinajstić information content (AvgIpc) is 2.76. The summed E-state index contributed by atoms with van der Waals surface area (Å²) in [7, 11) is 1.54. The van der Waals surface area contributed by atoms with E-state index in [4.69, 9.17) is 9.47 Å². The van der Waals surface area contributed by atoms with Crippen molar-refractivity contribution in [3.8, 4) is 5.75 Å². The molecule has 0 unspecified atom stereocenters. The van der Waals surface area contributed by atoms with Gasteiger partial charge in [0.2, 0.25) is 0 Å². The van der Waals surface area contributed by atoms with Gasteiger partial charge in [-0.05, 0) is 63.4 Å². The first kappa shape index (κ1) is 26.4. The summed E-state index contributed by atoms with van der Waals surface area (Å²) >= 11 is 0. The molecule has 34 heavy (non-hydrogen) atoms. The summed E-state index contributed by atoms with van der Waals surface area (Å²) in [5.74, 6) is -1.37. The van der Waals surface area contributed by atoms with Gasteiger partial charge in [0.15, 0.2) is 0 Å². The third-order valence-electron chi connectivity index (χ3n) is 4.69. The van der Waals surface area contributed by atoms with Crippen LogP contribution in [-0.2, 0) is 16.1 Å². The standard InChI is InChI=1S/C24H31N3O7/c1-24(2,3)34-23(32)25-12-6-11-19(22(30)31)26-20(28)18-10-7-13-27(21(18)29)15-16-8-5-9-17(14-16)33-4/h5,7-10,13-14,19H,6,11-12,15H2,1-4H3,(H,25,32)(H,26,28)(H,30,31)/t19-/m0/s1. The molecule has 0 bridgehead atoms. The van der Waals surface area contributed by atoms with Crippen LogP contribution >= 0.6 is 0 Å². The summed E-state index contributed by atoms with van der Waals surface area (Å²) in [6, 6.07) is 8.87. The van der Waals surface area contributed by atoms with E-state index in [1.165, 1.54) is 10.6 Å². The van der Waals surface area contributed by atoms with Crippen molar-refractivity contribution in [3.05, 3.63) is 64.1 Å². The first-order valence-corrected chi connectivity index (χ1v) is 10.8. The van der Waals surface area contributed by atoms with E-state index < -0.39 is 35.2 Å². The Kier molecular flexibility index (Phi) is 9.23. The Hall–Kier alpha value is -3.82. The Labute approximate surface area is 197 Å². The lowest BCUT2D eigenvalue weighted by Gasteiger charge is -2.20. The predicted octanol–water partition coefficient (Wildman–Crippen LogP) is 2.39. The first-order chi connectivity index (χ1) is 16.0.